The van der Waals surface area contributed by atoms with Crippen LogP contribution < -0.4 is 0 Å². The summed E-state index contributed by atoms with van der Waals surface area (Å²) in [4.78, 5) is 13.2. The number of nitriles is 1. The van der Waals surface area contributed by atoms with Crippen LogP contribution in [0.2, 0.25) is 0 Å². The highest BCUT2D eigenvalue weighted by molar-refractivity contribution is 6.27. The van der Waals surface area contributed by atoms with Crippen molar-refractivity contribution in [3.63, 3.8) is 0 Å². The predicted octanol–water partition coefficient (Wildman–Crippen LogP) is 2.41. The first-order valence-electron chi connectivity index (χ1n) is 5.78. The molecule has 0 bridgehead atoms. The first kappa shape index (κ1) is 12.7. The minimum atomic E-state index is -0.0412. The van der Waals surface area contributed by atoms with E-state index in [-0.39, 0.29) is 11.8 Å². The Bertz CT molecular complexity index is 531. The highest BCUT2D eigenvalue weighted by atomic mass is 35.5. The number of hydrogen-bond acceptors (Lipinski definition) is 2. The molecule has 1 aliphatic heterocycles. The van der Waals surface area contributed by atoms with E-state index >= 15 is 0 Å². The molecule has 1 aromatic carbocycles. The molecule has 0 aliphatic carbocycles. The summed E-state index contributed by atoms with van der Waals surface area (Å²) in [5.41, 5.74) is 2.78. The lowest BCUT2D eigenvalue weighted by atomic mass is 9.95. The smallest absolute Gasteiger partial charge is 0.237 e. The molecule has 1 aromatic rings. The summed E-state index contributed by atoms with van der Waals surface area (Å²) in [7, 11) is 0. The SMILES string of the molecule is N#Cc1ccccc1C1=CCN(C(=O)CCl)CC1. The van der Waals surface area contributed by atoms with E-state index in [1.807, 2.05) is 30.3 Å². The Morgan fingerprint density at radius 1 is 1.44 bits per heavy atom. The van der Waals surface area contributed by atoms with Crippen LogP contribution in [0.5, 0.6) is 0 Å². The number of benzene rings is 1. The quantitative estimate of drug-likeness (QED) is 0.767. The molecule has 0 fully saturated rings. The monoisotopic (exact) mass is 260 g/mol. The molecular weight excluding hydrogens is 248 g/mol. The fraction of sp³-hybridized carbons (Fsp3) is 0.286. The van der Waals surface area contributed by atoms with E-state index in [1.54, 1.807) is 4.90 Å². The minimum absolute atomic E-state index is 0.0257. The van der Waals surface area contributed by atoms with Crippen LogP contribution in [0, 0.1) is 11.3 Å². The third kappa shape index (κ3) is 2.55. The Hall–Kier alpha value is -1.79. The molecule has 18 heavy (non-hydrogen) atoms. The van der Waals surface area contributed by atoms with E-state index in [4.69, 9.17) is 16.9 Å². The Labute approximate surface area is 111 Å². The largest absolute Gasteiger partial charge is 0.338 e. The molecule has 0 atom stereocenters. The maximum absolute atomic E-state index is 11.4. The number of rotatable bonds is 2. The molecule has 0 spiro atoms. The van der Waals surface area contributed by atoms with Crippen LogP contribution >= 0.6 is 11.6 Å². The molecule has 0 saturated heterocycles. The van der Waals surface area contributed by atoms with Crippen LogP contribution in [0.15, 0.2) is 30.3 Å². The van der Waals surface area contributed by atoms with Gasteiger partial charge in [-0.3, -0.25) is 4.79 Å². The maximum Gasteiger partial charge on any atom is 0.237 e. The Morgan fingerprint density at radius 3 is 2.83 bits per heavy atom. The average Bonchev–Trinajstić information content (AvgIpc) is 2.46. The fourth-order valence-electron chi connectivity index (χ4n) is 2.09. The summed E-state index contributed by atoms with van der Waals surface area (Å²) in [5.74, 6) is -0.0154. The molecule has 2 rings (SSSR count). The molecule has 0 N–H and O–H groups in total. The van der Waals surface area contributed by atoms with E-state index in [9.17, 15) is 4.79 Å². The minimum Gasteiger partial charge on any atom is -0.338 e. The molecule has 3 nitrogen and oxygen atoms in total. The van der Waals surface area contributed by atoms with Crippen LogP contribution in [0.4, 0.5) is 0 Å². The van der Waals surface area contributed by atoms with Crippen molar-refractivity contribution in [3.05, 3.63) is 41.5 Å². The zero-order valence-electron chi connectivity index (χ0n) is 9.90. The highest BCUT2D eigenvalue weighted by Gasteiger charge is 2.18. The molecule has 0 unspecified atom stereocenters. The number of hydrogen-bond donors (Lipinski definition) is 0. The van der Waals surface area contributed by atoms with Gasteiger partial charge >= 0.3 is 0 Å². The van der Waals surface area contributed by atoms with Crippen LogP contribution in [-0.4, -0.2) is 29.8 Å². The second-order valence-electron chi connectivity index (χ2n) is 4.11. The standard InChI is InChI=1S/C14H13ClN2O/c15-9-14(18)17-7-5-11(6-8-17)13-4-2-1-3-12(13)10-16/h1-5H,6-9H2. The number of nitrogens with zero attached hydrogens (tertiary/aromatic N) is 2. The molecule has 0 saturated carbocycles. The van der Waals surface area contributed by atoms with Gasteiger partial charge in [-0.2, -0.15) is 5.26 Å². The van der Waals surface area contributed by atoms with Crippen molar-refractivity contribution in [3.8, 4) is 6.07 Å². The van der Waals surface area contributed by atoms with Gasteiger partial charge in [-0.25, -0.2) is 0 Å². The van der Waals surface area contributed by atoms with Crippen LogP contribution in [0.1, 0.15) is 17.5 Å². The topological polar surface area (TPSA) is 44.1 Å². The van der Waals surface area contributed by atoms with Gasteiger partial charge in [-0.05, 0) is 23.6 Å². The summed E-state index contributed by atoms with van der Waals surface area (Å²) in [6.07, 6.45) is 2.77. The Morgan fingerprint density at radius 2 is 2.22 bits per heavy atom. The van der Waals surface area contributed by atoms with E-state index in [2.05, 4.69) is 6.07 Å². The number of carbonyl (C=O) groups excluding carboxylic acids is 1. The zero-order chi connectivity index (χ0) is 13.0. The number of halogens is 1. The third-order valence-corrected chi connectivity index (χ3v) is 3.30. The number of carbonyl (C=O) groups is 1. The molecular formula is C14H13ClN2O. The molecule has 0 radical (unpaired) electrons. The lowest BCUT2D eigenvalue weighted by molar-refractivity contribution is -0.128. The van der Waals surface area contributed by atoms with Gasteiger partial charge in [-0.1, -0.05) is 24.3 Å². The van der Waals surface area contributed by atoms with Gasteiger partial charge in [0, 0.05) is 13.1 Å². The lowest BCUT2D eigenvalue weighted by Crippen LogP contribution is -2.35. The predicted molar refractivity (Wildman–Crippen MR) is 71.1 cm³/mol. The summed E-state index contributed by atoms with van der Waals surface area (Å²) in [6, 6.07) is 9.74. The van der Waals surface area contributed by atoms with Crippen LogP contribution in [-0.2, 0) is 4.79 Å². The molecule has 1 heterocycles. The van der Waals surface area contributed by atoms with Gasteiger partial charge in [0.15, 0.2) is 0 Å². The van der Waals surface area contributed by atoms with Crippen molar-refractivity contribution >= 4 is 23.1 Å². The van der Waals surface area contributed by atoms with E-state index < -0.39 is 0 Å². The van der Waals surface area contributed by atoms with Crippen LogP contribution in [0.25, 0.3) is 5.57 Å². The molecule has 1 amide bonds. The lowest BCUT2D eigenvalue weighted by Gasteiger charge is -2.26. The highest BCUT2D eigenvalue weighted by Crippen LogP contribution is 2.25. The Kier molecular flexibility index (Phi) is 4.01. The van der Waals surface area contributed by atoms with Crippen LogP contribution in [0.3, 0.4) is 0 Å². The first-order valence-corrected chi connectivity index (χ1v) is 6.32. The Balaban J connectivity index is 2.20. The van der Waals surface area contributed by atoms with Gasteiger partial charge in [-0.15, -0.1) is 11.6 Å². The number of amides is 1. The molecule has 92 valence electrons. The van der Waals surface area contributed by atoms with Crippen molar-refractivity contribution < 1.29 is 4.79 Å². The molecule has 4 heteroatoms. The maximum atomic E-state index is 11.4. The van der Waals surface area contributed by atoms with Gasteiger partial charge in [0.05, 0.1) is 11.6 Å². The average molecular weight is 261 g/mol. The fourth-order valence-corrected chi connectivity index (χ4v) is 2.25. The van der Waals surface area contributed by atoms with Crippen molar-refractivity contribution in [1.82, 2.24) is 4.90 Å². The summed E-state index contributed by atoms with van der Waals surface area (Å²) >= 11 is 5.53. The van der Waals surface area contributed by atoms with Gasteiger partial charge < -0.3 is 4.90 Å². The second-order valence-corrected chi connectivity index (χ2v) is 4.38. The van der Waals surface area contributed by atoms with Crippen molar-refractivity contribution in [2.24, 2.45) is 0 Å². The summed E-state index contributed by atoms with van der Waals surface area (Å²) < 4.78 is 0. The first-order chi connectivity index (χ1) is 8.76. The zero-order valence-corrected chi connectivity index (χ0v) is 10.7. The van der Waals surface area contributed by atoms with E-state index in [0.29, 0.717) is 18.7 Å². The second kappa shape index (κ2) is 5.70. The molecule has 0 aromatic heterocycles. The summed E-state index contributed by atoms with van der Waals surface area (Å²) in [5, 5.41) is 9.07. The van der Waals surface area contributed by atoms with Crippen molar-refractivity contribution in [2.45, 2.75) is 6.42 Å². The van der Waals surface area contributed by atoms with Gasteiger partial charge in [0.2, 0.25) is 5.91 Å². The van der Waals surface area contributed by atoms with E-state index in [1.165, 1.54) is 0 Å². The van der Waals surface area contributed by atoms with Crippen molar-refractivity contribution in [2.75, 3.05) is 19.0 Å². The van der Waals surface area contributed by atoms with Crippen molar-refractivity contribution in [1.29, 1.82) is 5.26 Å². The number of alkyl halides is 1. The normalized spacial score (nSPS) is 14.9. The third-order valence-electron chi connectivity index (χ3n) is 3.07. The van der Waals surface area contributed by atoms with Gasteiger partial charge in [0.1, 0.15) is 5.88 Å². The summed E-state index contributed by atoms with van der Waals surface area (Å²) in [6.45, 7) is 1.23. The van der Waals surface area contributed by atoms with E-state index in [0.717, 1.165) is 17.6 Å². The molecule has 1 aliphatic rings. The van der Waals surface area contributed by atoms with Gasteiger partial charge in [0.25, 0.3) is 0 Å².